The minimum atomic E-state index is -1.25. The summed E-state index contributed by atoms with van der Waals surface area (Å²) < 4.78 is 15.0. The van der Waals surface area contributed by atoms with Crippen molar-refractivity contribution in [1.82, 2.24) is 20.0 Å². The van der Waals surface area contributed by atoms with Gasteiger partial charge in [-0.1, -0.05) is 12.7 Å². The van der Waals surface area contributed by atoms with Crippen molar-refractivity contribution in [2.24, 2.45) is 5.73 Å². The number of nitrogens with two attached hydrogens (primary N) is 1. The average Bonchev–Trinajstić information content (AvgIpc) is 3.07. The van der Waals surface area contributed by atoms with Gasteiger partial charge in [0, 0.05) is 24.7 Å². The highest BCUT2D eigenvalue weighted by atomic mass is 19.1. The lowest BCUT2D eigenvalue weighted by molar-refractivity contribution is -0.138. The largest absolute Gasteiger partial charge is 0.364 e. The molecule has 1 saturated heterocycles. The van der Waals surface area contributed by atoms with E-state index in [1.165, 1.54) is 22.7 Å². The molecule has 0 aromatic carbocycles. The predicted molar refractivity (Wildman–Crippen MR) is 84.7 cm³/mol. The van der Waals surface area contributed by atoms with E-state index >= 15 is 0 Å². The lowest BCUT2D eigenvalue weighted by Crippen LogP contribution is -2.46. The Balaban J connectivity index is 2.25. The lowest BCUT2D eigenvalue weighted by Gasteiger charge is -2.23. The maximum Gasteiger partial charge on any atom is 0.269 e. The summed E-state index contributed by atoms with van der Waals surface area (Å²) in [5.74, 6) is -1.60. The molecule has 0 saturated carbocycles. The van der Waals surface area contributed by atoms with Gasteiger partial charge in [-0.15, -0.1) is 0 Å². The molecule has 3 N–H and O–H groups in total. The second-order valence-corrected chi connectivity index (χ2v) is 5.58. The zero-order valence-corrected chi connectivity index (χ0v) is 13.6. The first-order chi connectivity index (χ1) is 11.3. The number of nitrogens with zero attached hydrogens (tertiary/aromatic N) is 3. The van der Waals surface area contributed by atoms with E-state index in [0.717, 1.165) is 0 Å². The Morgan fingerprint density at radius 3 is 2.67 bits per heavy atom. The Labute approximate surface area is 138 Å². The van der Waals surface area contributed by atoms with Gasteiger partial charge in [-0.3, -0.25) is 19.1 Å². The average molecular weight is 337 g/mol. The first-order valence-electron chi connectivity index (χ1n) is 7.44. The highest BCUT2D eigenvalue weighted by molar-refractivity contribution is 5.95. The second-order valence-electron chi connectivity index (χ2n) is 5.58. The Hall–Kier alpha value is -2.71. The van der Waals surface area contributed by atoms with Crippen LogP contribution >= 0.6 is 0 Å². The molecule has 8 nitrogen and oxygen atoms in total. The molecule has 0 radical (unpaired) electrons. The van der Waals surface area contributed by atoms with Gasteiger partial charge in [-0.25, -0.2) is 4.39 Å². The first kappa shape index (κ1) is 17.6. The smallest absolute Gasteiger partial charge is 0.269 e. The molecular formula is C15H20FN5O3. The fourth-order valence-corrected chi connectivity index (χ4v) is 2.83. The fraction of sp³-hybridized carbons (Fsp3) is 0.467. The summed E-state index contributed by atoms with van der Waals surface area (Å²) in [5.41, 5.74) is 6.27. The van der Waals surface area contributed by atoms with Crippen molar-refractivity contribution in [3.8, 4) is 0 Å². The van der Waals surface area contributed by atoms with Crippen LogP contribution in [0.4, 0.5) is 4.39 Å². The van der Waals surface area contributed by atoms with E-state index in [0.29, 0.717) is 11.3 Å². The summed E-state index contributed by atoms with van der Waals surface area (Å²) in [6.45, 7) is 4.90. The molecule has 2 rings (SSSR count). The molecular weight excluding hydrogens is 317 g/mol. The van der Waals surface area contributed by atoms with Gasteiger partial charge in [0.25, 0.3) is 5.91 Å². The van der Waals surface area contributed by atoms with Crippen LogP contribution in [0.2, 0.25) is 0 Å². The van der Waals surface area contributed by atoms with Crippen molar-refractivity contribution < 1.29 is 18.8 Å². The Morgan fingerprint density at radius 2 is 2.17 bits per heavy atom. The summed E-state index contributed by atoms with van der Waals surface area (Å²) >= 11 is 0. The molecule has 0 spiro atoms. The van der Waals surface area contributed by atoms with Crippen LogP contribution < -0.4 is 11.1 Å². The molecule has 0 aliphatic carbocycles. The number of amides is 3. The number of carbonyl (C=O) groups excluding carboxylic acids is 3. The van der Waals surface area contributed by atoms with Gasteiger partial charge < -0.3 is 16.0 Å². The van der Waals surface area contributed by atoms with Crippen molar-refractivity contribution in [3.63, 3.8) is 0 Å². The van der Waals surface area contributed by atoms with Crippen LogP contribution in [0.1, 0.15) is 28.2 Å². The van der Waals surface area contributed by atoms with Crippen LogP contribution in [0.5, 0.6) is 0 Å². The number of primary amides is 1. The number of halogens is 1. The topological polar surface area (TPSA) is 110 Å². The molecule has 0 bridgehead atoms. The van der Waals surface area contributed by atoms with E-state index in [2.05, 4.69) is 17.0 Å². The number of likely N-dealkylation sites (tertiary alicyclic amines) is 1. The molecule has 1 aromatic rings. The molecule has 2 heterocycles. The third-order valence-electron chi connectivity index (χ3n) is 4.09. The predicted octanol–water partition coefficient (Wildman–Crippen LogP) is -0.382. The summed E-state index contributed by atoms with van der Waals surface area (Å²) in [6, 6.07) is -0.845. The molecule has 3 amide bonds. The van der Waals surface area contributed by atoms with Gasteiger partial charge in [-0.05, 0) is 6.92 Å². The normalized spacial score (nSPS) is 20.0. The van der Waals surface area contributed by atoms with E-state index in [1.54, 1.807) is 6.92 Å². The molecule has 2 unspecified atom stereocenters. The van der Waals surface area contributed by atoms with Gasteiger partial charge in [0.15, 0.2) is 5.69 Å². The van der Waals surface area contributed by atoms with Crippen molar-refractivity contribution in [3.05, 3.63) is 23.5 Å². The van der Waals surface area contributed by atoms with E-state index in [4.69, 9.17) is 5.73 Å². The number of rotatable bonds is 5. The molecule has 1 aliphatic rings. The fourth-order valence-electron chi connectivity index (χ4n) is 2.83. The molecule has 24 heavy (non-hydrogen) atoms. The van der Waals surface area contributed by atoms with Crippen LogP contribution in [0.15, 0.2) is 6.58 Å². The third-order valence-corrected chi connectivity index (χ3v) is 4.09. The van der Waals surface area contributed by atoms with Crippen LogP contribution in [-0.2, 0) is 16.1 Å². The first-order valence-corrected chi connectivity index (χ1v) is 7.44. The number of hydrogen-bond acceptors (Lipinski definition) is 4. The van der Waals surface area contributed by atoms with Crippen molar-refractivity contribution in [1.29, 1.82) is 0 Å². The van der Waals surface area contributed by atoms with Gasteiger partial charge in [-0.2, -0.15) is 5.10 Å². The highest BCUT2D eigenvalue weighted by Gasteiger charge is 2.39. The van der Waals surface area contributed by atoms with E-state index in [1.807, 2.05) is 0 Å². The molecule has 1 fully saturated rings. The molecule has 2 atom stereocenters. The van der Waals surface area contributed by atoms with E-state index < -0.39 is 29.9 Å². The number of alkyl halides is 1. The SMILES string of the molecule is C=Cc1c(C(N)=O)nn(CC(=O)N2CC(F)CC2C(=O)NC)c1C. The molecule has 9 heteroatoms. The number of likely N-dealkylation sites (N-methyl/N-ethyl adjacent to an activating group) is 1. The summed E-state index contributed by atoms with van der Waals surface area (Å²) in [7, 11) is 1.43. The number of carbonyl (C=O) groups is 3. The van der Waals surface area contributed by atoms with Crippen molar-refractivity contribution in [2.45, 2.75) is 32.1 Å². The Morgan fingerprint density at radius 1 is 1.50 bits per heavy atom. The summed E-state index contributed by atoms with van der Waals surface area (Å²) in [4.78, 5) is 36.9. The monoisotopic (exact) mass is 337 g/mol. The van der Waals surface area contributed by atoms with Gasteiger partial charge >= 0.3 is 0 Å². The van der Waals surface area contributed by atoms with Crippen molar-refractivity contribution >= 4 is 23.8 Å². The maximum atomic E-state index is 13.7. The third kappa shape index (κ3) is 3.15. The summed E-state index contributed by atoms with van der Waals surface area (Å²) in [6.07, 6.45) is 0.151. The minimum Gasteiger partial charge on any atom is -0.364 e. The number of aromatic nitrogens is 2. The minimum absolute atomic E-state index is 0.0166. The van der Waals surface area contributed by atoms with Gasteiger partial charge in [0.05, 0.1) is 6.54 Å². The van der Waals surface area contributed by atoms with E-state index in [-0.39, 0.29) is 25.2 Å². The molecule has 130 valence electrons. The van der Waals surface area contributed by atoms with Crippen LogP contribution in [0.25, 0.3) is 6.08 Å². The second kappa shape index (κ2) is 6.81. The van der Waals surface area contributed by atoms with Crippen LogP contribution in [-0.4, -0.2) is 58.2 Å². The lowest BCUT2D eigenvalue weighted by atomic mass is 10.2. The number of nitrogens with one attached hydrogen (secondary N) is 1. The van der Waals surface area contributed by atoms with E-state index in [9.17, 15) is 18.8 Å². The van der Waals surface area contributed by atoms with Gasteiger partial charge in [0.2, 0.25) is 11.8 Å². The van der Waals surface area contributed by atoms with Crippen LogP contribution in [0.3, 0.4) is 0 Å². The highest BCUT2D eigenvalue weighted by Crippen LogP contribution is 2.22. The van der Waals surface area contributed by atoms with Crippen LogP contribution in [0, 0.1) is 6.92 Å². The summed E-state index contributed by atoms with van der Waals surface area (Å²) in [5, 5.41) is 6.46. The quantitative estimate of drug-likeness (QED) is 0.763. The van der Waals surface area contributed by atoms with Crippen molar-refractivity contribution in [2.75, 3.05) is 13.6 Å². The Bertz CT molecular complexity index is 700. The molecule has 1 aliphatic heterocycles. The maximum absolute atomic E-state index is 13.7. The number of hydrogen-bond donors (Lipinski definition) is 2. The zero-order valence-electron chi connectivity index (χ0n) is 13.6. The van der Waals surface area contributed by atoms with Gasteiger partial charge in [0.1, 0.15) is 18.8 Å². The Kier molecular flexibility index (Phi) is 5.01. The molecule has 1 aromatic heterocycles. The zero-order chi connectivity index (χ0) is 18.0. The standard InChI is InChI=1S/C15H20FN5O3/c1-4-10-8(2)21(19-13(10)14(17)23)7-12(22)20-6-9(16)5-11(20)15(24)18-3/h4,9,11H,1,5-7H2,2-3H3,(H2,17,23)(H,18,24).